The second-order valence-electron chi connectivity index (χ2n) is 4.48. The van der Waals surface area contributed by atoms with Crippen LogP contribution in [0.2, 0.25) is 0 Å². The van der Waals surface area contributed by atoms with E-state index in [1.807, 2.05) is 0 Å². The molecule has 1 nitrogen and oxygen atoms in total. The zero-order valence-corrected chi connectivity index (χ0v) is 9.80. The molecular weight excluding hydrogens is 170 g/mol. The van der Waals surface area contributed by atoms with Crippen LogP contribution in [0.25, 0.3) is 0 Å². The maximum Gasteiger partial charge on any atom is 0.0412 e. The molecule has 0 radical (unpaired) electrons. The Morgan fingerprint density at radius 2 is 1.86 bits per heavy atom. The molecule has 78 valence electrons. The van der Waals surface area contributed by atoms with Crippen molar-refractivity contribution in [1.29, 1.82) is 0 Å². The summed E-state index contributed by atoms with van der Waals surface area (Å²) >= 11 is 0. The Morgan fingerprint density at radius 1 is 1.21 bits per heavy atom. The molecule has 0 fully saturated rings. The molecule has 1 heteroatoms. The maximum atomic E-state index is 4.66. The Balaban J connectivity index is 2.83. The van der Waals surface area contributed by atoms with Gasteiger partial charge in [-0.1, -0.05) is 27.2 Å². The van der Waals surface area contributed by atoms with Gasteiger partial charge in [-0.3, -0.25) is 4.98 Å². The van der Waals surface area contributed by atoms with Gasteiger partial charge in [0.1, 0.15) is 0 Å². The number of hydrogen-bond acceptors (Lipinski definition) is 1. The summed E-state index contributed by atoms with van der Waals surface area (Å²) in [5.74, 6) is 0.693. The van der Waals surface area contributed by atoms with Crippen molar-refractivity contribution in [3.63, 3.8) is 0 Å². The van der Waals surface area contributed by atoms with Gasteiger partial charge in [0.2, 0.25) is 0 Å². The summed E-state index contributed by atoms with van der Waals surface area (Å²) in [5, 5.41) is 0. The molecule has 0 saturated carbocycles. The van der Waals surface area contributed by atoms with E-state index in [2.05, 4.69) is 44.8 Å². The lowest BCUT2D eigenvalue weighted by molar-refractivity contribution is 0.631. The number of aromatic nitrogens is 1. The van der Waals surface area contributed by atoms with Crippen LogP contribution in [0.3, 0.4) is 0 Å². The van der Waals surface area contributed by atoms with Crippen molar-refractivity contribution in [3.05, 3.63) is 29.1 Å². The molecule has 1 heterocycles. The summed E-state index contributed by atoms with van der Waals surface area (Å²) in [6.07, 6.45) is 3.38. The van der Waals surface area contributed by atoms with E-state index < -0.39 is 0 Å². The zero-order chi connectivity index (χ0) is 10.6. The number of rotatable bonds is 4. The van der Waals surface area contributed by atoms with Crippen LogP contribution in [0.1, 0.15) is 44.1 Å². The summed E-state index contributed by atoms with van der Waals surface area (Å²) in [6, 6.07) is 4.41. The minimum Gasteiger partial charge on any atom is -0.258 e. The SMILES string of the molecule is CCCc1cc(C)cc(CC(C)C)n1. The van der Waals surface area contributed by atoms with Crippen molar-refractivity contribution in [1.82, 2.24) is 4.98 Å². The maximum absolute atomic E-state index is 4.66. The van der Waals surface area contributed by atoms with Gasteiger partial charge in [0.25, 0.3) is 0 Å². The predicted molar refractivity (Wildman–Crippen MR) is 61.5 cm³/mol. The van der Waals surface area contributed by atoms with Gasteiger partial charge in [0.15, 0.2) is 0 Å². The van der Waals surface area contributed by atoms with E-state index in [0.717, 1.165) is 12.8 Å². The second kappa shape index (κ2) is 5.14. The van der Waals surface area contributed by atoms with E-state index in [0.29, 0.717) is 5.92 Å². The molecule has 0 spiro atoms. The van der Waals surface area contributed by atoms with E-state index in [9.17, 15) is 0 Å². The molecule has 0 unspecified atom stereocenters. The minimum absolute atomic E-state index is 0.693. The summed E-state index contributed by atoms with van der Waals surface area (Å²) in [4.78, 5) is 4.66. The quantitative estimate of drug-likeness (QED) is 0.709. The van der Waals surface area contributed by atoms with Crippen molar-refractivity contribution in [2.45, 2.75) is 47.0 Å². The molecule has 0 aliphatic rings. The third-order valence-electron chi connectivity index (χ3n) is 2.20. The summed E-state index contributed by atoms with van der Waals surface area (Å²) < 4.78 is 0. The fourth-order valence-electron chi connectivity index (χ4n) is 1.72. The fourth-order valence-corrected chi connectivity index (χ4v) is 1.72. The Morgan fingerprint density at radius 3 is 2.43 bits per heavy atom. The molecule has 0 aliphatic carbocycles. The van der Waals surface area contributed by atoms with Gasteiger partial charge in [-0.2, -0.15) is 0 Å². The number of aryl methyl sites for hydroxylation is 2. The van der Waals surface area contributed by atoms with Gasteiger partial charge in [-0.15, -0.1) is 0 Å². The van der Waals surface area contributed by atoms with Crippen LogP contribution in [0.15, 0.2) is 12.1 Å². The van der Waals surface area contributed by atoms with Gasteiger partial charge in [-0.25, -0.2) is 0 Å². The normalized spacial score (nSPS) is 10.9. The van der Waals surface area contributed by atoms with Crippen molar-refractivity contribution in [2.75, 3.05) is 0 Å². The van der Waals surface area contributed by atoms with Crippen molar-refractivity contribution in [2.24, 2.45) is 5.92 Å². The van der Waals surface area contributed by atoms with Crippen LogP contribution >= 0.6 is 0 Å². The first kappa shape index (κ1) is 11.2. The highest BCUT2D eigenvalue weighted by molar-refractivity contribution is 5.20. The first-order valence-electron chi connectivity index (χ1n) is 5.58. The highest BCUT2D eigenvalue weighted by Gasteiger charge is 2.02. The summed E-state index contributed by atoms with van der Waals surface area (Å²) in [5.41, 5.74) is 3.85. The molecule has 0 amide bonds. The zero-order valence-electron chi connectivity index (χ0n) is 9.80. The van der Waals surface area contributed by atoms with E-state index >= 15 is 0 Å². The van der Waals surface area contributed by atoms with Gasteiger partial charge in [0, 0.05) is 11.4 Å². The Kier molecular flexibility index (Phi) is 4.12. The third-order valence-corrected chi connectivity index (χ3v) is 2.20. The molecule has 1 aromatic heterocycles. The molecule has 1 rings (SSSR count). The van der Waals surface area contributed by atoms with Gasteiger partial charge < -0.3 is 0 Å². The third kappa shape index (κ3) is 3.49. The van der Waals surface area contributed by atoms with E-state index in [1.54, 1.807) is 0 Å². The predicted octanol–water partition coefficient (Wildman–Crippen LogP) is 3.54. The Labute approximate surface area is 87.6 Å². The molecule has 1 aromatic rings. The van der Waals surface area contributed by atoms with E-state index in [-0.39, 0.29) is 0 Å². The van der Waals surface area contributed by atoms with Crippen LogP contribution in [0, 0.1) is 12.8 Å². The standard InChI is InChI=1S/C13H21N/c1-5-6-12-8-11(4)9-13(14-12)7-10(2)3/h8-10H,5-7H2,1-4H3. The smallest absolute Gasteiger partial charge is 0.0412 e. The second-order valence-corrected chi connectivity index (χ2v) is 4.48. The first-order valence-corrected chi connectivity index (χ1v) is 5.58. The molecule has 0 N–H and O–H groups in total. The monoisotopic (exact) mass is 191 g/mol. The molecule has 0 aromatic carbocycles. The lowest BCUT2D eigenvalue weighted by Crippen LogP contribution is -2.01. The Hall–Kier alpha value is -0.850. The highest BCUT2D eigenvalue weighted by atomic mass is 14.7. The molecule has 0 saturated heterocycles. The fraction of sp³-hybridized carbons (Fsp3) is 0.615. The Bertz CT molecular complexity index is 289. The van der Waals surface area contributed by atoms with Gasteiger partial charge in [0.05, 0.1) is 0 Å². The van der Waals surface area contributed by atoms with Crippen molar-refractivity contribution >= 4 is 0 Å². The van der Waals surface area contributed by atoms with Crippen LogP contribution in [0.4, 0.5) is 0 Å². The molecule has 0 atom stereocenters. The lowest BCUT2D eigenvalue weighted by atomic mass is 10.1. The summed E-state index contributed by atoms with van der Waals surface area (Å²) in [6.45, 7) is 8.84. The first-order chi connectivity index (χ1) is 6.61. The van der Waals surface area contributed by atoms with Crippen LogP contribution in [0.5, 0.6) is 0 Å². The topological polar surface area (TPSA) is 12.9 Å². The number of nitrogens with zero attached hydrogens (tertiary/aromatic N) is 1. The van der Waals surface area contributed by atoms with E-state index in [1.165, 1.54) is 23.4 Å². The number of hydrogen-bond donors (Lipinski definition) is 0. The average molecular weight is 191 g/mol. The largest absolute Gasteiger partial charge is 0.258 e. The average Bonchev–Trinajstić information content (AvgIpc) is 2.01. The highest BCUT2D eigenvalue weighted by Crippen LogP contribution is 2.11. The minimum atomic E-state index is 0.693. The molecule has 0 bridgehead atoms. The lowest BCUT2D eigenvalue weighted by Gasteiger charge is -2.07. The molecule has 0 aliphatic heterocycles. The summed E-state index contributed by atoms with van der Waals surface area (Å²) in [7, 11) is 0. The van der Waals surface area contributed by atoms with Crippen molar-refractivity contribution in [3.8, 4) is 0 Å². The van der Waals surface area contributed by atoms with Crippen LogP contribution in [-0.2, 0) is 12.8 Å². The van der Waals surface area contributed by atoms with Crippen LogP contribution < -0.4 is 0 Å². The van der Waals surface area contributed by atoms with Gasteiger partial charge >= 0.3 is 0 Å². The van der Waals surface area contributed by atoms with Crippen molar-refractivity contribution < 1.29 is 0 Å². The van der Waals surface area contributed by atoms with Crippen LogP contribution in [-0.4, -0.2) is 4.98 Å². The van der Waals surface area contributed by atoms with Gasteiger partial charge in [-0.05, 0) is 43.4 Å². The molecule has 14 heavy (non-hydrogen) atoms. The molecular formula is C13H21N. The van der Waals surface area contributed by atoms with E-state index in [4.69, 9.17) is 0 Å². The number of pyridine rings is 1.